The Morgan fingerprint density at radius 1 is 0.918 bits per heavy atom. The van der Waals surface area contributed by atoms with Crippen molar-refractivity contribution >= 4 is 28.8 Å². The molecule has 1 atom stereocenters. The highest BCUT2D eigenvalue weighted by molar-refractivity contribution is 6.08. The molecule has 4 aromatic rings. The molecule has 260 valence electrons. The smallest absolute Gasteiger partial charge is 0.407 e. The molecule has 0 saturated heterocycles. The van der Waals surface area contributed by atoms with Gasteiger partial charge in [-0.3, -0.25) is 9.59 Å². The molecule has 0 aliphatic heterocycles. The molecule has 4 rings (SSSR count). The summed E-state index contributed by atoms with van der Waals surface area (Å²) in [5.74, 6) is 0.157. The van der Waals surface area contributed by atoms with E-state index in [9.17, 15) is 14.4 Å². The number of aromatic nitrogens is 1. The number of nitrogens with zero attached hydrogens (tertiary/aromatic N) is 2. The summed E-state index contributed by atoms with van der Waals surface area (Å²) in [4.78, 5) is 46.8. The van der Waals surface area contributed by atoms with E-state index in [1.54, 1.807) is 13.2 Å². The average molecular weight is 668 g/mol. The number of nitrogens with one attached hydrogen (secondary N) is 3. The Labute approximate surface area is 289 Å². The fourth-order valence-corrected chi connectivity index (χ4v) is 5.85. The summed E-state index contributed by atoms with van der Waals surface area (Å²) in [7, 11) is 5.63. The lowest BCUT2D eigenvalue weighted by atomic mass is 9.92. The van der Waals surface area contributed by atoms with Gasteiger partial charge >= 0.3 is 6.09 Å². The van der Waals surface area contributed by atoms with E-state index in [0.29, 0.717) is 54.5 Å². The molecule has 3 aromatic carbocycles. The maximum absolute atomic E-state index is 14.0. The number of hydrogen-bond acceptors (Lipinski definition) is 7. The Hall–Kier alpha value is -4.96. The number of fused-ring (bicyclic) bond motifs is 1. The number of pyridine rings is 1. The summed E-state index contributed by atoms with van der Waals surface area (Å²) in [5, 5.41) is 9.56. The molecule has 0 radical (unpaired) electrons. The van der Waals surface area contributed by atoms with Gasteiger partial charge in [-0.1, -0.05) is 62.4 Å². The van der Waals surface area contributed by atoms with Crippen molar-refractivity contribution in [2.45, 2.75) is 52.7 Å². The summed E-state index contributed by atoms with van der Waals surface area (Å²) < 4.78 is 10.7. The number of ether oxygens (including phenoxy) is 2. The molecule has 0 fully saturated rings. The van der Waals surface area contributed by atoms with Crippen LogP contribution in [0.5, 0.6) is 5.75 Å². The minimum atomic E-state index is -0.786. The number of rotatable bonds is 16. The Balaban J connectivity index is 1.47. The van der Waals surface area contributed by atoms with Crippen LogP contribution in [0.2, 0.25) is 0 Å². The number of methoxy groups -OCH3 is 1. The quantitative estimate of drug-likeness (QED) is 0.123. The van der Waals surface area contributed by atoms with Crippen LogP contribution < -0.4 is 20.7 Å². The molecule has 3 N–H and O–H groups in total. The monoisotopic (exact) mass is 667 g/mol. The van der Waals surface area contributed by atoms with Crippen LogP contribution in [-0.2, 0) is 16.1 Å². The van der Waals surface area contributed by atoms with E-state index in [1.165, 1.54) is 0 Å². The van der Waals surface area contributed by atoms with Crippen LogP contribution in [0.15, 0.2) is 78.9 Å². The van der Waals surface area contributed by atoms with E-state index in [1.807, 2.05) is 93.8 Å². The van der Waals surface area contributed by atoms with Crippen molar-refractivity contribution in [3.05, 3.63) is 95.6 Å². The number of carbonyl (C=O) groups excluding carboxylic acids is 3. The number of amides is 3. The number of aryl methyl sites for hydroxylation is 1. The van der Waals surface area contributed by atoms with Gasteiger partial charge in [0.2, 0.25) is 5.91 Å². The molecule has 49 heavy (non-hydrogen) atoms. The number of carbonyl (C=O) groups is 3. The molecule has 3 amide bonds. The van der Waals surface area contributed by atoms with Gasteiger partial charge in [-0.05, 0) is 87.2 Å². The molecule has 0 spiro atoms. The van der Waals surface area contributed by atoms with E-state index >= 15 is 0 Å². The van der Waals surface area contributed by atoms with Gasteiger partial charge in [-0.25, -0.2) is 9.78 Å². The van der Waals surface area contributed by atoms with E-state index in [2.05, 4.69) is 34.7 Å². The second-order valence-corrected chi connectivity index (χ2v) is 13.4. The van der Waals surface area contributed by atoms with Gasteiger partial charge < -0.3 is 30.3 Å². The van der Waals surface area contributed by atoms with Gasteiger partial charge in [-0.15, -0.1) is 0 Å². The highest BCUT2D eigenvalue weighted by atomic mass is 16.5. The number of hydrogen-bond donors (Lipinski definition) is 3. The van der Waals surface area contributed by atoms with Crippen molar-refractivity contribution in [2.75, 3.05) is 40.8 Å². The molecule has 0 aliphatic carbocycles. The largest absolute Gasteiger partial charge is 0.496 e. The molecule has 1 unspecified atom stereocenters. The van der Waals surface area contributed by atoms with Gasteiger partial charge in [-0.2, -0.15) is 0 Å². The Morgan fingerprint density at radius 3 is 2.37 bits per heavy atom. The van der Waals surface area contributed by atoms with Crippen LogP contribution in [0.3, 0.4) is 0 Å². The van der Waals surface area contributed by atoms with E-state index in [0.717, 1.165) is 29.0 Å². The maximum atomic E-state index is 14.0. The van der Waals surface area contributed by atoms with Crippen molar-refractivity contribution in [1.29, 1.82) is 0 Å². The van der Waals surface area contributed by atoms with Crippen LogP contribution in [0.1, 0.15) is 54.6 Å². The topological polar surface area (TPSA) is 122 Å². The fraction of sp³-hybridized carbons (Fsp3) is 0.385. The summed E-state index contributed by atoms with van der Waals surface area (Å²) >= 11 is 0. The van der Waals surface area contributed by atoms with Crippen molar-refractivity contribution in [1.82, 2.24) is 25.8 Å². The normalized spacial score (nSPS) is 12.0. The maximum Gasteiger partial charge on any atom is 0.407 e. The SMILES string of the molecule is COc1ccc(-c2cc(C(=O)NC(CCCCNC(=O)OCc3ccccc3)C(=O)NCC(C)(C)CN(C)C)c3ccccc3n2)cc1C. The Kier molecular flexibility index (Phi) is 13.1. The van der Waals surface area contributed by atoms with Crippen LogP contribution in [-0.4, -0.2) is 74.7 Å². The summed E-state index contributed by atoms with van der Waals surface area (Å²) in [6, 6.07) is 23.7. The standard InChI is InChI=1S/C39H49N5O5/c1-27-22-29(19-20-35(27)48-6)34-23-31(30-16-10-11-17-32(30)42-34)36(45)43-33(37(46)41-25-39(2,3)26-44(4)5)18-12-13-21-40-38(47)49-24-28-14-8-7-9-15-28/h7-11,14-17,19-20,22-23,33H,12-13,18,21,24-26H2,1-6H3,(H,40,47)(H,41,46)(H,43,45). The lowest BCUT2D eigenvalue weighted by Gasteiger charge is -2.29. The number of para-hydroxylation sites is 1. The van der Waals surface area contributed by atoms with Crippen LogP contribution in [0, 0.1) is 12.3 Å². The van der Waals surface area contributed by atoms with Gasteiger partial charge in [0.1, 0.15) is 18.4 Å². The first-order valence-corrected chi connectivity index (χ1v) is 16.7. The van der Waals surface area contributed by atoms with Gasteiger partial charge in [0.15, 0.2) is 0 Å². The van der Waals surface area contributed by atoms with Crippen LogP contribution >= 0.6 is 0 Å². The second-order valence-electron chi connectivity index (χ2n) is 13.4. The summed E-state index contributed by atoms with van der Waals surface area (Å²) in [5.41, 5.74) is 4.29. The number of alkyl carbamates (subject to hydrolysis) is 1. The predicted molar refractivity (Wildman–Crippen MR) is 194 cm³/mol. The third kappa shape index (κ3) is 11.0. The van der Waals surface area contributed by atoms with Crippen molar-refractivity contribution in [3.8, 4) is 17.0 Å². The Bertz CT molecular complexity index is 1720. The molecule has 0 saturated carbocycles. The van der Waals surface area contributed by atoms with Gasteiger partial charge in [0.25, 0.3) is 5.91 Å². The molecule has 1 heterocycles. The number of unbranched alkanes of at least 4 members (excludes halogenated alkanes) is 1. The zero-order valence-corrected chi connectivity index (χ0v) is 29.5. The van der Waals surface area contributed by atoms with Crippen molar-refractivity contribution in [3.63, 3.8) is 0 Å². The van der Waals surface area contributed by atoms with Crippen LogP contribution in [0.4, 0.5) is 4.79 Å². The lowest BCUT2D eigenvalue weighted by Crippen LogP contribution is -2.49. The van der Waals surface area contributed by atoms with Gasteiger partial charge in [0.05, 0.1) is 23.9 Å². The first-order valence-electron chi connectivity index (χ1n) is 16.7. The second kappa shape index (κ2) is 17.4. The third-order valence-electron chi connectivity index (χ3n) is 8.16. The lowest BCUT2D eigenvalue weighted by molar-refractivity contribution is -0.123. The molecular weight excluding hydrogens is 618 g/mol. The molecule has 0 aliphatic rings. The van der Waals surface area contributed by atoms with E-state index in [4.69, 9.17) is 14.5 Å². The Morgan fingerprint density at radius 2 is 1.65 bits per heavy atom. The van der Waals surface area contributed by atoms with Gasteiger partial charge in [0, 0.05) is 30.6 Å². The molecule has 1 aromatic heterocycles. The zero-order valence-electron chi connectivity index (χ0n) is 29.5. The fourth-order valence-electron chi connectivity index (χ4n) is 5.85. The van der Waals surface area contributed by atoms with E-state index in [-0.39, 0.29) is 23.8 Å². The third-order valence-corrected chi connectivity index (χ3v) is 8.16. The molecule has 10 nitrogen and oxygen atoms in total. The minimum Gasteiger partial charge on any atom is -0.496 e. The van der Waals surface area contributed by atoms with E-state index < -0.39 is 12.1 Å². The molecule has 10 heteroatoms. The van der Waals surface area contributed by atoms with Crippen molar-refractivity contribution in [2.24, 2.45) is 5.41 Å². The highest BCUT2D eigenvalue weighted by Crippen LogP contribution is 2.28. The average Bonchev–Trinajstić information content (AvgIpc) is 3.08. The predicted octanol–water partition coefficient (Wildman–Crippen LogP) is 6.12. The number of benzene rings is 3. The summed E-state index contributed by atoms with van der Waals surface area (Å²) in [6.07, 6.45) is 1.08. The zero-order chi connectivity index (χ0) is 35.4. The highest BCUT2D eigenvalue weighted by Gasteiger charge is 2.26. The van der Waals surface area contributed by atoms with Crippen molar-refractivity contribution < 1.29 is 23.9 Å². The minimum absolute atomic E-state index is 0.176. The summed E-state index contributed by atoms with van der Waals surface area (Å²) in [6.45, 7) is 7.95. The first kappa shape index (κ1) is 36.9. The molecule has 0 bridgehead atoms. The van der Waals surface area contributed by atoms with Crippen LogP contribution in [0.25, 0.3) is 22.2 Å². The first-order chi connectivity index (χ1) is 23.5. The molecular formula is C39H49N5O5.